The van der Waals surface area contributed by atoms with Crippen LogP contribution in [0.15, 0.2) is 23.4 Å². The minimum Gasteiger partial charge on any atom is -0.347 e. The van der Waals surface area contributed by atoms with Crippen LogP contribution in [0.3, 0.4) is 0 Å². The van der Waals surface area contributed by atoms with Gasteiger partial charge in [0.2, 0.25) is 17.9 Å². The molecule has 142 valence electrons. The lowest BCUT2D eigenvalue weighted by Gasteiger charge is -2.21. The van der Waals surface area contributed by atoms with Crippen LogP contribution in [0, 0.1) is 5.41 Å². The second kappa shape index (κ2) is 7.49. The molecule has 8 nitrogen and oxygen atoms in total. The molecule has 1 aromatic carbocycles. The number of carbonyl (C=O) groups excluding carboxylic acids is 1. The standard InChI is InChI=1S/C16H17Cl2N7OS/c1-8-12(26)25(9-5-6-10(17)11(18)7-9)13(19)24(8)15-20-14(23(2)3)21-16(22-15)27-4/h5-8,19H,1-4H3/t8-/m0/s1. The minimum absolute atomic E-state index is 0.0613. The third-order valence-electron chi connectivity index (χ3n) is 3.96. The number of carbonyl (C=O) groups is 1. The average molecular weight is 426 g/mol. The van der Waals surface area contributed by atoms with Crippen molar-refractivity contribution >= 4 is 64.4 Å². The highest BCUT2D eigenvalue weighted by atomic mass is 35.5. The van der Waals surface area contributed by atoms with E-state index < -0.39 is 6.04 Å². The molecule has 1 aliphatic rings. The first kappa shape index (κ1) is 19.7. The molecule has 2 heterocycles. The molecule has 27 heavy (non-hydrogen) atoms. The van der Waals surface area contributed by atoms with E-state index in [9.17, 15) is 4.79 Å². The lowest BCUT2D eigenvalue weighted by Crippen LogP contribution is -2.36. The SMILES string of the molecule is CSc1nc(N(C)C)nc(N2C(=N)N(c3ccc(Cl)c(Cl)c3)C(=O)[C@@H]2C)n1. The van der Waals surface area contributed by atoms with Gasteiger partial charge in [-0.1, -0.05) is 35.0 Å². The van der Waals surface area contributed by atoms with E-state index >= 15 is 0 Å². The van der Waals surface area contributed by atoms with Crippen LogP contribution < -0.4 is 14.7 Å². The molecule has 2 aromatic rings. The van der Waals surface area contributed by atoms with Crippen molar-refractivity contribution in [3.05, 3.63) is 28.2 Å². The summed E-state index contributed by atoms with van der Waals surface area (Å²) in [5.41, 5.74) is 0.459. The summed E-state index contributed by atoms with van der Waals surface area (Å²) < 4.78 is 0. The maximum absolute atomic E-state index is 12.8. The molecule has 1 atom stereocenters. The van der Waals surface area contributed by atoms with Gasteiger partial charge < -0.3 is 4.90 Å². The number of benzene rings is 1. The Bertz CT molecular complexity index is 924. The van der Waals surface area contributed by atoms with Gasteiger partial charge in [0.05, 0.1) is 15.7 Å². The number of guanidine groups is 1. The van der Waals surface area contributed by atoms with Gasteiger partial charge in [0.25, 0.3) is 5.91 Å². The second-order valence-corrected chi connectivity index (χ2v) is 7.55. The van der Waals surface area contributed by atoms with Crippen molar-refractivity contribution in [2.24, 2.45) is 0 Å². The number of amides is 1. The van der Waals surface area contributed by atoms with Crippen molar-refractivity contribution in [2.75, 3.05) is 35.1 Å². The van der Waals surface area contributed by atoms with Gasteiger partial charge in [0, 0.05) is 14.1 Å². The molecule has 0 spiro atoms. The topological polar surface area (TPSA) is 89.3 Å². The van der Waals surface area contributed by atoms with E-state index in [1.807, 2.05) is 20.4 Å². The second-order valence-electron chi connectivity index (χ2n) is 5.96. The molecule has 11 heteroatoms. The quantitative estimate of drug-likeness (QED) is 0.752. The summed E-state index contributed by atoms with van der Waals surface area (Å²) in [5, 5.41) is 9.75. The predicted molar refractivity (Wildman–Crippen MR) is 110 cm³/mol. The lowest BCUT2D eigenvalue weighted by atomic mass is 10.2. The Hall–Kier alpha value is -2.10. The fourth-order valence-electron chi connectivity index (χ4n) is 2.57. The Morgan fingerprint density at radius 2 is 1.89 bits per heavy atom. The highest BCUT2D eigenvalue weighted by molar-refractivity contribution is 7.98. The van der Waals surface area contributed by atoms with Gasteiger partial charge in [-0.25, -0.2) is 4.90 Å². The number of thioether (sulfide) groups is 1. The molecule has 1 N–H and O–H groups in total. The number of nitrogens with zero attached hydrogens (tertiary/aromatic N) is 6. The van der Waals surface area contributed by atoms with E-state index in [0.717, 1.165) is 0 Å². The van der Waals surface area contributed by atoms with Gasteiger partial charge in [0.1, 0.15) is 6.04 Å². The molecular formula is C16H17Cl2N7OS. The Kier molecular flexibility index (Phi) is 5.45. The van der Waals surface area contributed by atoms with E-state index in [1.54, 1.807) is 30.0 Å². The Morgan fingerprint density at radius 1 is 1.19 bits per heavy atom. The molecule has 0 unspecified atom stereocenters. The zero-order valence-corrected chi connectivity index (χ0v) is 17.4. The van der Waals surface area contributed by atoms with E-state index in [1.165, 1.54) is 21.6 Å². The van der Waals surface area contributed by atoms with Crippen LogP contribution in [-0.4, -0.2) is 53.2 Å². The number of anilines is 3. The summed E-state index contributed by atoms with van der Waals surface area (Å²) in [5.74, 6) is 0.348. The molecule has 0 saturated carbocycles. The van der Waals surface area contributed by atoms with Crippen molar-refractivity contribution in [1.29, 1.82) is 5.41 Å². The van der Waals surface area contributed by atoms with Crippen molar-refractivity contribution in [1.82, 2.24) is 15.0 Å². The van der Waals surface area contributed by atoms with E-state index in [0.29, 0.717) is 26.8 Å². The molecule has 0 bridgehead atoms. The molecule has 3 rings (SSSR count). The van der Waals surface area contributed by atoms with Crippen LogP contribution in [-0.2, 0) is 4.79 Å². The zero-order valence-electron chi connectivity index (χ0n) is 15.1. The highest BCUT2D eigenvalue weighted by Gasteiger charge is 2.43. The predicted octanol–water partition coefficient (Wildman–Crippen LogP) is 3.14. The summed E-state index contributed by atoms with van der Waals surface area (Å²) in [6.07, 6.45) is 1.85. The van der Waals surface area contributed by atoms with Crippen molar-refractivity contribution < 1.29 is 4.79 Å². The number of aromatic nitrogens is 3. The van der Waals surface area contributed by atoms with Crippen molar-refractivity contribution in [3.8, 4) is 0 Å². The molecule has 1 fully saturated rings. The summed E-state index contributed by atoms with van der Waals surface area (Å²) in [6, 6.07) is 4.13. The monoisotopic (exact) mass is 425 g/mol. The van der Waals surface area contributed by atoms with Crippen molar-refractivity contribution in [3.63, 3.8) is 0 Å². The molecule has 0 radical (unpaired) electrons. The number of hydrogen-bond donors (Lipinski definition) is 1. The Balaban J connectivity index is 2.05. The van der Waals surface area contributed by atoms with Crippen LogP contribution in [0.1, 0.15) is 6.92 Å². The highest BCUT2D eigenvalue weighted by Crippen LogP contribution is 2.32. The summed E-state index contributed by atoms with van der Waals surface area (Å²) in [7, 11) is 3.63. The van der Waals surface area contributed by atoms with Crippen LogP contribution in [0.25, 0.3) is 0 Å². The average Bonchev–Trinajstić information content (AvgIpc) is 2.86. The fourth-order valence-corrected chi connectivity index (χ4v) is 3.21. The van der Waals surface area contributed by atoms with Gasteiger partial charge in [-0.2, -0.15) is 15.0 Å². The first-order chi connectivity index (χ1) is 12.7. The molecular weight excluding hydrogens is 409 g/mol. The van der Waals surface area contributed by atoms with Gasteiger partial charge >= 0.3 is 0 Å². The molecule has 1 amide bonds. The van der Waals surface area contributed by atoms with Crippen LogP contribution in [0.5, 0.6) is 0 Å². The maximum Gasteiger partial charge on any atom is 0.256 e. The first-order valence-electron chi connectivity index (χ1n) is 7.88. The molecule has 1 aliphatic heterocycles. The minimum atomic E-state index is -0.654. The summed E-state index contributed by atoms with van der Waals surface area (Å²) in [4.78, 5) is 30.5. The van der Waals surface area contributed by atoms with Gasteiger partial charge in [-0.15, -0.1) is 0 Å². The number of hydrogen-bond acceptors (Lipinski definition) is 7. The smallest absolute Gasteiger partial charge is 0.256 e. The van der Waals surface area contributed by atoms with Gasteiger partial charge in [0.15, 0.2) is 5.16 Å². The number of rotatable bonds is 4. The number of halogens is 2. The Morgan fingerprint density at radius 3 is 2.48 bits per heavy atom. The Labute approximate surface area is 171 Å². The van der Waals surface area contributed by atoms with Crippen LogP contribution in [0.2, 0.25) is 10.0 Å². The maximum atomic E-state index is 12.8. The molecule has 0 aliphatic carbocycles. The summed E-state index contributed by atoms with van der Waals surface area (Å²) >= 11 is 13.4. The van der Waals surface area contributed by atoms with Gasteiger partial charge in [-0.3, -0.25) is 15.1 Å². The number of nitrogens with one attached hydrogen (secondary N) is 1. The fraction of sp³-hybridized carbons (Fsp3) is 0.312. The molecule has 1 aromatic heterocycles. The van der Waals surface area contributed by atoms with Crippen molar-refractivity contribution in [2.45, 2.75) is 18.1 Å². The third kappa shape index (κ3) is 3.54. The lowest BCUT2D eigenvalue weighted by molar-refractivity contribution is -0.117. The zero-order chi connectivity index (χ0) is 19.9. The van der Waals surface area contributed by atoms with E-state index in [2.05, 4.69) is 15.0 Å². The normalized spacial score (nSPS) is 17.0. The van der Waals surface area contributed by atoms with E-state index in [4.69, 9.17) is 28.6 Å². The van der Waals surface area contributed by atoms with Crippen LogP contribution >= 0.6 is 35.0 Å². The molecule has 1 saturated heterocycles. The van der Waals surface area contributed by atoms with Crippen LogP contribution in [0.4, 0.5) is 17.6 Å². The third-order valence-corrected chi connectivity index (χ3v) is 5.24. The first-order valence-corrected chi connectivity index (χ1v) is 9.87. The van der Waals surface area contributed by atoms with Gasteiger partial charge in [-0.05, 0) is 31.4 Å². The summed E-state index contributed by atoms with van der Waals surface area (Å²) in [6.45, 7) is 1.70. The van der Waals surface area contributed by atoms with E-state index in [-0.39, 0.29) is 17.8 Å². The largest absolute Gasteiger partial charge is 0.347 e.